The zero-order chi connectivity index (χ0) is 27.2. The monoisotopic (exact) mass is 584 g/mol. The molecular weight excluding hydrogens is 552 g/mol. The minimum absolute atomic E-state index is 0.0374. The first-order valence-electron chi connectivity index (χ1n) is 13.0. The maximum absolute atomic E-state index is 13.8. The number of rotatable bonds is 7. The van der Waals surface area contributed by atoms with Crippen molar-refractivity contribution in [2.24, 2.45) is 5.92 Å². The van der Waals surface area contributed by atoms with Crippen LogP contribution in [0.4, 0.5) is 10.5 Å². The maximum Gasteiger partial charge on any atom is 0.323 e. The van der Waals surface area contributed by atoms with E-state index in [1.54, 1.807) is 30.3 Å². The highest BCUT2D eigenvalue weighted by atomic mass is 79.9. The van der Waals surface area contributed by atoms with Crippen molar-refractivity contribution in [3.63, 3.8) is 0 Å². The van der Waals surface area contributed by atoms with Gasteiger partial charge < -0.3 is 20.6 Å². The SMILES string of the molecule is Cc1cccc(NC(=O)N2CCN(C(=O)c3ccc(Br)cc3)C2C(=O)NC(CC(=O)O)C2CCCCC2)c1. The minimum Gasteiger partial charge on any atom is -0.481 e. The van der Waals surface area contributed by atoms with E-state index in [1.165, 1.54) is 9.80 Å². The third kappa shape index (κ3) is 6.72. The number of amides is 4. The Labute approximate surface area is 230 Å². The van der Waals surface area contributed by atoms with E-state index in [2.05, 4.69) is 26.6 Å². The Morgan fingerprint density at radius 3 is 2.34 bits per heavy atom. The zero-order valence-corrected chi connectivity index (χ0v) is 22.9. The normalized spacial score (nSPS) is 18.6. The fourth-order valence-electron chi connectivity index (χ4n) is 5.33. The van der Waals surface area contributed by atoms with Gasteiger partial charge in [0.25, 0.3) is 11.8 Å². The fraction of sp³-hybridized carbons (Fsp3) is 0.429. The van der Waals surface area contributed by atoms with E-state index >= 15 is 0 Å². The lowest BCUT2D eigenvalue weighted by atomic mass is 9.82. The smallest absolute Gasteiger partial charge is 0.323 e. The van der Waals surface area contributed by atoms with Gasteiger partial charge in [-0.15, -0.1) is 0 Å². The maximum atomic E-state index is 13.8. The van der Waals surface area contributed by atoms with Crippen molar-refractivity contribution in [3.05, 3.63) is 64.1 Å². The van der Waals surface area contributed by atoms with Crippen molar-refractivity contribution in [1.82, 2.24) is 15.1 Å². The summed E-state index contributed by atoms with van der Waals surface area (Å²) in [6.07, 6.45) is 3.31. The molecular formula is C28H33BrN4O5. The summed E-state index contributed by atoms with van der Waals surface area (Å²) in [5.41, 5.74) is 1.94. The molecule has 1 saturated carbocycles. The zero-order valence-electron chi connectivity index (χ0n) is 21.4. The average Bonchev–Trinajstić information content (AvgIpc) is 3.34. The molecule has 10 heteroatoms. The van der Waals surface area contributed by atoms with Gasteiger partial charge in [-0.3, -0.25) is 19.3 Å². The third-order valence-electron chi connectivity index (χ3n) is 7.23. The number of nitrogens with one attached hydrogen (secondary N) is 2. The van der Waals surface area contributed by atoms with Crippen LogP contribution < -0.4 is 10.6 Å². The number of carboxylic acid groups (broad SMARTS) is 1. The fourth-order valence-corrected chi connectivity index (χ4v) is 5.59. The second-order valence-corrected chi connectivity index (χ2v) is 10.9. The number of carbonyl (C=O) groups excluding carboxylic acids is 3. The number of halogens is 1. The summed E-state index contributed by atoms with van der Waals surface area (Å²) in [6, 6.07) is 13.0. The highest BCUT2D eigenvalue weighted by molar-refractivity contribution is 9.10. The molecule has 1 aliphatic heterocycles. The van der Waals surface area contributed by atoms with Crippen LogP contribution in [0.2, 0.25) is 0 Å². The van der Waals surface area contributed by atoms with Crippen molar-refractivity contribution in [2.45, 2.75) is 57.7 Å². The van der Waals surface area contributed by atoms with Gasteiger partial charge >= 0.3 is 12.0 Å². The number of benzene rings is 2. The van der Waals surface area contributed by atoms with Gasteiger partial charge in [0.05, 0.1) is 6.42 Å². The molecule has 1 heterocycles. The first kappa shape index (κ1) is 27.6. The van der Waals surface area contributed by atoms with Crippen LogP contribution in [-0.4, -0.2) is 64.0 Å². The second-order valence-electron chi connectivity index (χ2n) is 9.98. The number of aliphatic carboxylic acids is 1. The number of carboxylic acids is 1. The highest BCUT2D eigenvalue weighted by Gasteiger charge is 2.44. The van der Waals surface area contributed by atoms with Gasteiger partial charge in [-0.05, 0) is 67.6 Å². The molecule has 4 rings (SSSR count). The molecule has 2 aromatic carbocycles. The number of urea groups is 1. The number of hydrogen-bond donors (Lipinski definition) is 3. The lowest BCUT2D eigenvalue weighted by Crippen LogP contribution is -2.57. The predicted octanol–water partition coefficient (Wildman–Crippen LogP) is 4.61. The summed E-state index contributed by atoms with van der Waals surface area (Å²) in [5, 5.41) is 15.3. The summed E-state index contributed by atoms with van der Waals surface area (Å²) in [5.74, 6) is -1.89. The van der Waals surface area contributed by atoms with Crippen molar-refractivity contribution in [1.29, 1.82) is 0 Å². The summed E-state index contributed by atoms with van der Waals surface area (Å²) in [7, 11) is 0. The Hall–Kier alpha value is -3.40. The van der Waals surface area contributed by atoms with Crippen LogP contribution in [0.3, 0.4) is 0 Å². The van der Waals surface area contributed by atoms with E-state index in [9.17, 15) is 24.3 Å². The molecule has 2 fully saturated rings. The van der Waals surface area contributed by atoms with Crippen molar-refractivity contribution >= 4 is 45.4 Å². The van der Waals surface area contributed by atoms with Gasteiger partial charge in [-0.1, -0.05) is 47.3 Å². The number of aryl methyl sites for hydroxylation is 1. The molecule has 9 nitrogen and oxygen atoms in total. The Bertz CT molecular complexity index is 1180. The summed E-state index contributed by atoms with van der Waals surface area (Å²) >= 11 is 3.36. The Balaban J connectivity index is 1.60. The predicted molar refractivity (Wildman–Crippen MR) is 147 cm³/mol. The molecule has 2 aliphatic rings. The first-order valence-corrected chi connectivity index (χ1v) is 13.7. The van der Waals surface area contributed by atoms with Crippen molar-refractivity contribution in [3.8, 4) is 0 Å². The number of hydrogen-bond acceptors (Lipinski definition) is 4. The van der Waals surface area contributed by atoms with E-state index in [0.29, 0.717) is 11.3 Å². The number of nitrogens with zero attached hydrogens (tertiary/aromatic N) is 2. The lowest BCUT2D eigenvalue weighted by molar-refractivity contribution is -0.138. The van der Waals surface area contributed by atoms with Crippen LogP contribution in [0.5, 0.6) is 0 Å². The standard InChI is InChI=1S/C28H33BrN4O5/c1-18-6-5-9-22(16-18)30-28(38)33-15-14-32(27(37)20-10-12-21(29)13-11-20)26(33)25(36)31-23(17-24(34)35)19-7-3-2-4-8-19/h5-6,9-13,16,19,23,26H,2-4,7-8,14-15,17H2,1H3,(H,30,38)(H,31,36)(H,34,35). The Morgan fingerprint density at radius 2 is 1.68 bits per heavy atom. The van der Waals surface area contributed by atoms with E-state index in [-0.39, 0.29) is 31.3 Å². The van der Waals surface area contributed by atoms with Gasteiger partial charge in [0.1, 0.15) is 0 Å². The highest BCUT2D eigenvalue weighted by Crippen LogP contribution is 2.29. The van der Waals surface area contributed by atoms with E-state index < -0.39 is 30.1 Å². The van der Waals surface area contributed by atoms with E-state index in [4.69, 9.17) is 0 Å². The number of anilines is 1. The van der Waals surface area contributed by atoms with Gasteiger partial charge in [0, 0.05) is 34.9 Å². The van der Waals surface area contributed by atoms with Gasteiger partial charge in [-0.2, -0.15) is 0 Å². The quantitative estimate of drug-likeness (QED) is 0.439. The molecule has 2 atom stereocenters. The summed E-state index contributed by atoms with van der Waals surface area (Å²) in [4.78, 5) is 55.0. The van der Waals surface area contributed by atoms with Gasteiger partial charge in [-0.25, -0.2) is 4.79 Å². The number of carbonyl (C=O) groups is 4. The third-order valence-corrected chi connectivity index (χ3v) is 7.76. The van der Waals surface area contributed by atoms with Gasteiger partial charge in [0.2, 0.25) is 0 Å². The molecule has 2 unspecified atom stereocenters. The van der Waals surface area contributed by atoms with Crippen LogP contribution in [0, 0.1) is 12.8 Å². The summed E-state index contributed by atoms with van der Waals surface area (Å²) < 4.78 is 0.813. The molecule has 1 aliphatic carbocycles. The van der Waals surface area contributed by atoms with E-state index in [1.807, 2.05) is 25.1 Å². The lowest BCUT2D eigenvalue weighted by Gasteiger charge is -2.34. The van der Waals surface area contributed by atoms with Crippen LogP contribution >= 0.6 is 15.9 Å². The van der Waals surface area contributed by atoms with Gasteiger partial charge in [0.15, 0.2) is 6.17 Å². The van der Waals surface area contributed by atoms with Crippen LogP contribution in [0.1, 0.15) is 54.4 Å². The molecule has 0 bridgehead atoms. The van der Waals surface area contributed by atoms with Crippen LogP contribution in [0.15, 0.2) is 53.0 Å². The minimum atomic E-state index is -1.21. The molecule has 0 spiro atoms. The van der Waals surface area contributed by atoms with Crippen LogP contribution in [-0.2, 0) is 9.59 Å². The molecule has 3 N–H and O–H groups in total. The molecule has 4 amide bonds. The largest absolute Gasteiger partial charge is 0.481 e. The van der Waals surface area contributed by atoms with Crippen molar-refractivity contribution in [2.75, 3.05) is 18.4 Å². The molecule has 2 aromatic rings. The summed E-state index contributed by atoms with van der Waals surface area (Å²) in [6.45, 7) is 2.24. The average molecular weight is 585 g/mol. The molecule has 38 heavy (non-hydrogen) atoms. The van der Waals surface area contributed by atoms with Crippen LogP contribution in [0.25, 0.3) is 0 Å². The van der Waals surface area contributed by atoms with E-state index in [0.717, 1.165) is 42.1 Å². The molecule has 1 saturated heterocycles. The topological polar surface area (TPSA) is 119 Å². The second kappa shape index (κ2) is 12.4. The Morgan fingerprint density at radius 1 is 1.00 bits per heavy atom. The molecule has 0 radical (unpaired) electrons. The molecule has 0 aromatic heterocycles. The Kier molecular flexibility index (Phi) is 9.04. The van der Waals surface area contributed by atoms with Crippen molar-refractivity contribution < 1.29 is 24.3 Å². The first-order chi connectivity index (χ1) is 18.2. The molecule has 202 valence electrons.